The van der Waals surface area contributed by atoms with E-state index in [1.807, 2.05) is 0 Å². The van der Waals surface area contributed by atoms with Crippen LogP contribution in [0.15, 0.2) is 30.3 Å². The van der Waals surface area contributed by atoms with Crippen molar-refractivity contribution < 1.29 is 38.1 Å². The molecule has 5 fully saturated rings. The molecule has 10 heteroatoms. The lowest BCUT2D eigenvalue weighted by Gasteiger charge is -2.40. The van der Waals surface area contributed by atoms with Gasteiger partial charge in [0.05, 0.1) is 25.4 Å². The Morgan fingerprint density at radius 1 is 0.968 bits per heavy atom. The highest BCUT2D eigenvalue weighted by atomic mass is 16.7. The minimum Gasteiger partial charge on any atom is -0.343 e. The van der Waals surface area contributed by atoms with Crippen LogP contribution in [0, 0.1) is 5.92 Å². The van der Waals surface area contributed by atoms with E-state index in [9.17, 15) is 19.2 Å². The summed E-state index contributed by atoms with van der Waals surface area (Å²) in [6.45, 7) is 0.388. The van der Waals surface area contributed by atoms with Crippen LogP contribution < -0.4 is 5.32 Å². The van der Waals surface area contributed by atoms with Gasteiger partial charge in [0, 0.05) is 18.8 Å². The molecule has 10 nitrogen and oxygen atoms in total. The highest BCUT2D eigenvalue weighted by Crippen LogP contribution is 2.46. The third-order valence-corrected chi connectivity index (χ3v) is 6.82. The molecule has 0 saturated carbocycles. The molecular weight excluding hydrogens is 408 g/mol. The predicted octanol–water partition coefficient (Wildman–Crippen LogP) is -0.153. The van der Waals surface area contributed by atoms with E-state index in [-0.39, 0.29) is 37.9 Å². The zero-order valence-corrected chi connectivity index (χ0v) is 16.4. The molecule has 7 unspecified atom stereocenters. The number of ether oxygens (including phenoxy) is 4. The van der Waals surface area contributed by atoms with Crippen molar-refractivity contribution in [3.8, 4) is 0 Å². The number of nitrogens with one attached hydrogen (secondary N) is 1. The first-order valence-electron chi connectivity index (χ1n) is 10.3. The van der Waals surface area contributed by atoms with Crippen LogP contribution in [0.5, 0.6) is 0 Å². The average molecular weight is 428 g/mol. The Balaban J connectivity index is 1.44. The van der Waals surface area contributed by atoms with Crippen LogP contribution in [-0.4, -0.2) is 72.4 Å². The number of imide groups is 1. The Kier molecular flexibility index (Phi) is 4.10. The summed E-state index contributed by atoms with van der Waals surface area (Å²) in [5.41, 5.74) is -1.02. The van der Waals surface area contributed by atoms with Crippen molar-refractivity contribution in [3.63, 3.8) is 0 Å². The Bertz CT molecular complexity index is 983. The van der Waals surface area contributed by atoms with Gasteiger partial charge in [0.2, 0.25) is 18.4 Å². The smallest absolute Gasteiger partial charge is 0.326 e. The van der Waals surface area contributed by atoms with Gasteiger partial charge in [-0.25, -0.2) is 4.79 Å². The van der Waals surface area contributed by atoms with Gasteiger partial charge in [0.25, 0.3) is 5.91 Å². The molecule has 7 atom stereocenters. The van der Waals surface area contributed by atoms with Crippen molar-refractivity contribution in [1.82, 2.24) is 10.2 Å². The van der Waals surface area contributed by atoms with Crippen LogP contribution in [0.1, 0.15) is 18.4 Å². The van der Waals surface area contributed by atoms with E-state index >= 15 is 0 Å². The molecule has 4 bridgehead atoms. The molecule has 5 aliphatic rings. The molecule has 5 saturated heterocycles. The lowest BCUT2D eigenvalue weighted by atomic mass is 9.72. The fourth-order valence-electron chi connectivity index (χ4n) is 5.36. The van der Waals surface area contributed by atoms with Crippen molar-refractivity contribution in [3.05, 3.63) is 35.9 Å². The molecule has 3 amide bonds. The summed E-state index contributed by atoms with van der Waals surface area (Å²) >= 11 is 0. The summed E-state index contributed by atoms with van der Waals surface area (Å²) < 4.78 is 21.9. The monoisotopic (exact) mass is 428 g/mol. The number of Topliss-reactive ketones (excluding diaryl/α,β-unsaturated/α-hetero) is 2. The number of benzene rings is 1. The summed E-state index contributed by atoms with van der Waals surface area (Å²) in [4.78, 5) is 53.5. The standard InChI is InChI=1S/C21H20N2O8/c24-14-7-12(15-9-29-17(14)31-15)21(10-4-2-1-3-5-10)19(26)23(20(27)22-21)13-6-11-8-28-18(30-11)16(13)25/h1-5,11-13,15,17-18H,6-9H2,(H,22,27). The number of hydrogen-bond donors (Lipinski definition) is 1. The average Bonchev–Trinajstić information content (AvgIpc) is 3.45. The number of ketones is 2. The van der Waals surface area contributed by atoms with Gasteiger partial charge >= 0.3 is 6.03 Å². The summed E-state index contributed by atoms with van der Waals surface area (Å²) in [5.74, 6) is -1.98. The van der Waals surface area contributed by atoms with Crippen LogP contribution in [0.25, 0.3) is 0 Å². The number of amides is 3. The van der Waals surface area contributed by atoms with Gasteiger partial charge in [-0.3, -0.25) is 19.3 Å². The van der Waals surface area contributed by atoms with Gasteiger partial charge in [-0.15, -0.1) is 0 Å². The minimum atomic E-state index is -1.55. The molecule has 0 aromatic heterocycles. The highest BCUT2D eigenvalue weighted by Gasteiger charge is 2.65. The van der Waals surface area contributed by atoms with Crippen LogP contribution >= 0.6 is 0 Å². The highest BCUT2D eigenvalue weighted by molar-refractivity contribution is 6.11. The largest absolute Gasteiger partial charge is 0.343 e. The van der Waals surface area contributed by atoms with Crippen molar-refractivity contribution in [2.24, 2.45) is 5.92 Å². The maximum absolute atomic E-state index is 14.0. The first-order valence-corrected chi connectivity index (χ1v) is 10.3. The van der Waals surface area contributed by atoms with Crippen LogP contribution in [0.2, 0.25) is 0 Å². The second kappa shape index (κ2) is 6.67. The normalized spacial score (nSPS) is 41.7. The Hall–Kier alpha value is -2.66. The molecule has 6 rings (SSSR count). The van der Waals surface area contributed by atoms with E-state index < -0.39 is 53.9 Å². The van der Waals surface area contributed by atoms with Crippen LogP contribution in [0.3, 0.4) is 0 Å². The van der Waals surface area contributed by atoms with E-state index in [0.29, 0.717) is 5.56 Å². The van der Waals surface area contributed by atoms with E-state index in [4.69, 9.17) is 18.9 Å². The third kappa shape index (κ3) is 2.59. The molecule has 0 radical (unpaired) electrons. The van der Waals surface area contributed by atoms with E-state index in [1.54, 1.807) is 30.3 Å². The predicted molar refractivity (Wildman–Crippen MR) is 99.2 cm³/mol. The fraction of sp³-hybridized carbons (Fsp3) is 0.524. The lowest BCUT2D eigenvalue weighted by Crippen LogP contribution is -2.58. The van der Waals surface area contributed by atoms with Gasteiger partial charge in [0.15, 0.2) is 11.3 Å². The van der Waals surface area contributed by atoms with Crippen molar-refractivity contribution in [1.29, 1.82) is 0 Å². The van der Waals surface area contributed by atoms with Crippen molar-refractivity contribution in [2.75, 3.05) is 13.2 Å². The Morgan fingerprint density at radius 2 is 1.74 bits per heavy atom. The topological polar surface area (TPSA) is 120 Å². The van der Waals surface area contributed by atoms with Gasteiger partial charge in [-0.05, 0) is 5.56 Å². The maximum atomic E-state index is 14.0. The molecule has 0 aliphatic carbocycles. The Labute approximate surface area is 176 Å². The second-order valence-electron chi connectivity index (χ2n) is 8.47. The molecule has 31 heavy (non-hydrogen) atoms. The number of nitrogens with zero attached hydrogens (tertiary/aromatic N) is 1. The zero-order valence-electron chi connectivity index (χ0n) is 16.4. The first-order chi connectivity index (χ1) is 15.0. The molecule has 5 aliphatic heterocycles. The van der Waals surface area contributed by atoms with Crippen LogP contribution in [0.4, 0.5) is 4.79 Å². The van der Waals surface area contributed by atoms with Gasteiger partial charge in [-0.2, -0.15) is 0 Å². The number of carbonyl (C=O) groups is 4. The quantitative estimate of drug-likeness (QED) is 0.660. The number of rotatable bonds is 3. The van der Waals surface area contributed by atoms with Gasteiger partial charge in [-0.1, -0.05) is 30.3 Å². The molecular formula is C21H20N2O8. The van der Waals surface area contributed by atoms with E-state index in [0.717, 1.165) is 4.90 Å². The molecule has 1 aromatic rings. The van der Waals surface area contributed by atoms with Crippen molar-refractivity contribution in [2.45, 2.75) is 49.2 Å². The fourth-order valence-corrected chi connectivity index (χ4v) is 5.36. The number of hydrogen-bond acceptors (Lipinski definition) is 8. The summed E-state index contributed by atoms with van der Waals surface area (Å²) in [6, 6.07) is 7.10. The van der Waals surface area contributed by atoms with Crippen molar-refractivity contribution >= 4 is 23.5 Å². The maximum Gasteiger partial charge on any atom is 0.326 e. The zero-order chi connectivity index (χ0) is 21.3. The number of urea groups is 1. The molecule has 1 aromatic carbocycles. The summed E-state index contributed by atoms with van der Waals surface area (Å²) in [7, 11) is 0. The molecule has 0 spiro atoms. The van der Waals surface area contributed by atoms with E-state index in [2.05, 4.69) is 5.32 Å². The number of fused-ring (bicyclic) bond motifs is 4. The third-order valence-electron chi connectivity index (χ3n) is 6.82. The lowest BCUT2D eigenvalue weighted by molar-refractivity contribution is -0.166. The SMILES string of the molecule is O=C1CC(C2(c3ccccc3)NC(=O)N(C3CC4COC(O4)C3=O)C2=O)C2COC1O2. The van der Waals surface area contributed by atoms with Gasteiger partial charge < -0.3 is 24.3 Å². The Morgan fingerprint density at radius 3 is 2.55 bits per heavy atom. The molecule has 162 valence electrons. The minimum absolute atomic E-state index is 0.0141. The number of carbonyl (C=O) groups excluding carboxylic acids is 4. The van der Waals surface area contributed by atoms with Crippen LogP contribution in [-0.2, 0) is 38.9 Å². The molecule has 1 N–H and O–H groups in total. The second-order valence-corrected chi connectivity index (χ2v) is 8.47. The van der Waals surface area contributed by atoms with Gasteiger partial charge in [0.1, 0.15) is 6.04 Å². The summed E-state index contributed by atoms with van der Waals surface area (Å²) in [6.07, 6.45) is -2.71. The van der Waals surface area contributed by atoms with E-state index in [1.165, 1.54) is 0 Å². The molecule has 5 heterocycles. The first kappa shape index (κ1) is 19.1. The summed E-state index contributed by atoms with van der Waals surface area (Å²) in [5, 5.41) is 2.84.